The highest BCUT2D eigenvalue weighted by Gasteiger charge is 2.43. The highest BCUT2D eigenvalue weighted by atomic mass is 79.9. The zero-order valence-electron chi connectivity index (χ0n) is 63.2. The van der Waals surface area contributed by atoms with Gasteiger partial charge in [-0.2, -0.15) is 0 Å². The van der Waals surface area contributed by atoms with Crippen molar-refractivity contribution in [3.05, 3.63) is 478 Å². The van der Waals surface area contributed by atoms with E-state index in [1.54, 1.807) is 0 Å². The van der Waals surface area contributed by atoms with Gasteiger partial charge in [0, 0.05) is 55.9 Å². The predicted molar refractivity (Wildman–Crippen MR) is 511 cm³/mol. The van der Waals surface area contributed by atoms with E-state index in [2.05, 4.69) is 469 Å². The van der Waals surface area contributed by atoms with Gasteiger partial charge in [0.15, 0.2) is 16.1 Å². The van der Waals surface area contributed by atoms with Crippen LogP contribution in [0, 0.1) is 0 Å². The molecule has 2 aromatic heterocycles. The minimum Gasteiger partial charge on any atom is -0.456 e. The molecule has 18 aromatic carbocycles. The van der Waals surface area contributed by atoms with E-state index in [-0.39, 0.29) is 16.3 Å². The first-order valence-corrected chi connectivity index (χ1v) is 43.8. The lowest BCUT2D eigenvalue weighted by molar-refractivity contribution is 0.668. The van der Waals surface area contributed by atoms with Crippen LogP contribution in [0.2, 0.25) is 0 Å². The number of hydrogen-bond donors (Lipinski definition) is 1. The molecule has 4 nitrogen and oxygen atoms in total. The summed E-state index contributed by atoms with van der Waals surface area (Å²) in [4.78, 5) is 2.37. The van der Waals surface area contributed by atoms with Crippen LogP contribution in [0.4, 0.5) is 28.4 Å². The average Bonchev–Trinajstić information content (AvgIpc) is 1.20. The SMILES string of the molecule is Brc1ccc([Si](c2ccccc2)(c2ccccc2)c2ccccc2)cc1.C.C.[2HH].c1ccc(-c2ccc(N(c3ccc(-c4ccc5oc6ccccc6c5c4)cc3)c3ccc([Si](c4ccccc4)(c4ccccc4)c4ccccc4)cc3)cc2)cc1.c1ccc(-c2ccc(Nc3ccc(-c4ccc5oc6ccccc6c5c4)cc3)cc2)cc1. The Morgan fingerprint density at radius 1 is 0.205 bits per heavy atom. The smallest absolute Gasteiger partial charge is 0.179 e. The Bertz CT molecular complexity index is 6420. The van der Waals surface area contributed by atoms with E-state index in [1.807, 2.05) is 30.3 Å². The first-order chi connectivity index (χ1) is 56.9. The van der Waals surface area contributed by atoms with Crippen molar-refractivity contribution in [2.24, 2.45) is 0 Å². The molecule has 1 N–H and O–H groups in total. The summed E-state index contributed by atoms with van der Waals surface area (Å²) < 4.78 is 13.2. The Morgan fingerprint density at radius 2 is 0.427 bits per heavy atom. The van der Waals surface area contributed by atoms with Crippen molar-refractivity contribution >= 4 is 146 Å². The minimum absolute atomic E-state index is 0. The van der Waals surface area contributed by atoms with Gasteiger partial charge in [-0.05, 0) is 195 Å². The summed E-state index contributed by atoms with van der Waals surface area (Å²) >= 11 is 3.60. The van der Waals surface area contributed by atoms with Crippen LogP contribution in [0.1, 0.15) is 16.3 Å². The number of halogens is 1. The number of rotatable bonds is 17. The third-order valence-corrected chi connectivity index (χ3v) is 32.1. The molecular formula is C110H89BrN2O2Si2. The fourth-order valence-electron chi connectivity index (χ4n) is 16.5. The third-order valence-electron chi connectivity index (χ3n) is 22.0. The Labute approximate surface area is 698 Å². The van der Waals surface area contributed by atoms with Crippen molar-refractivity contribution in [1.29, 1.82) is 0 Å². The molecule has 20 rings (SSSR count). The number of furan rings is 2. The van der Waals surface area contributed by atoms with Crippen LogP contribution >= 0.6 is 15.9 Å². The van der Waals surface area contributed by atoms with Crippen molar-refractivity contribution in [3.63, 3.8) is 0 Å². The quantitative estimate of drug-likeness (QED) is 0.0729. The Morgan fingerprint density at radius 3 is 0.744 bits per heavy atom. The summed E-state index contributed by atoms with van der Waals surface area (Å²) in [7, 11) is -5.01. The third kappa shape index (κ3) is 15.8. The standard InChI is InChI=1S/C54H39NOSi.C30H21NO.C24H19BrSi.2CH4.H2/c1-5-15-40(16-6-1)41-25-30-44(31-26-41)55(45-32-27-42(28-33-45)43-29-38-54-52(39-43)51-23-13-14-24-53(51)56-54)46-34-36-50(37-35-46)57(47-17-7-2-8-18-47,48-19-9-3-10-20-48)49-21-11-4-12-22-49;1-2-6-21(7-3-1)22-10-15-25(16-11-22)31-26-17-12-23(13-18-26)24-14-19-30-28(20-24)27-8-4-5-9-29(27)32-30;25-20-16-18-24(19-17-20)26(21-10-4-1-5-11-21,22-12-6-2-7-13-22)23-14-8-3-9-15-23;;;/h1-39H;1-20,31H;1-19H;2*1H4;1H/i;;;;;1+1. The molecule has 0 spiro atoms. The van der Waals surface area contributed by atoms with E-state index in [1.165, 1.54) is 74.9 Å². The summed E-state index contributed by atoms with van der Waals surface area (Å²) in [5, 5.41) is 19.1. The molecule has 7 heteroatoms. The van der Waals surface area contributed by atoms with Crippen molar-refractivity contribution in [2.75, 3.05) is 10.2 Å². The highest BCUT2D eigenvalue weighted by Crippen LogP contribution is 2.39. The van der Waals surface area contributed by atoms with Crippen LogP contribution in [0.3, 0.4) is 0 Å². The maximum atomic E-state index is 6.13. The van der Waals surface area contributed by atoms with Crippen molar-refractivity contribution < 1.29 is 10.3 Å². The van der Waals surface area contributed by atoms with Gasteiger partial charge in [0.05, 0.1) is 0 Å². The molecule has 0 atom stereocenters. The fraction of sp³-hybridized carbons (Fsp3) is 0.0182. The van der Waals surface area contributed by atoms with Gasteiger partial charge in [-0.25, -0.2) is 0 Å². The largest absolute Gasteiger partial charge is 0.456 e. The molecule has 0 aliphatic heterocycles. The summed E-state index contributed by atoms with van der Waals surface area (Å²) in [6, 6.07) is 170. The van der Waals surface area contributed by atoms with Crippen molar-refractivity contribution in [2.45, 2.75) is 14.9 Å². The van der Waals surface area contributed by atoms with Gasteiger partial charge in [0.25, 0.3) is 0 Å². The molecule has 0 amide bonds. The fourth-order valence-corrected chi connectivity index (χ4v) is 26.2. The molecule has 0 radical (unpaired) electrons. The monoisotopic (exact) mass is 1610 g/mol. The topological polar surface area (TPSA) is 41.6 Å². The molecule has 0 fully saturated rings. The van der Waals surface area contributed by atoms with E-state index in [0.29, 0.717) is 0 Å². The minimum atomic E-state index is -2.66. The number of para-hydroxylation sites is 2. The van der Waals surface area contributed by atoms with Gasteiger partial charge >= 0.3 is 0 Å². The Kier molecular flexibility index (Phi) is 23.2. The van der Waals surface area contributed by atoms with Crippen molar-refractivity contribution in [3.8, 4) is 44.5 Å². The van der Waals surface area contributed by atoms with Gasteiger partial charge in [0.2, 0.25) is 0 Å². The van der Waals surface area contributed by atoms with Gasteiger partial charge in [-0.1, -0.05) is 395 Å². The molecule has 0 saturated carbocycles. The number of nitrogens with zero attached hydrogens (tertiary/aromatic N) is 1. The van der Waals surface area contributed by atoms with E-state index in [9.17, 15) is 0 Å². The normalized spacial score (nSPS) is 11.2. The van der Waals surface area contributed by atoms with Crippen molar-refractivity contribution in [1.82, 2.24) is 0 Å². The number of benzene rings is 18. The Balaban J connectivity index is 0.000000151. The van der Waals surface area contributed by atoms with Crippen LogP contribution in [0.5, 0.6) is 0 Å². The van der Waals surface area contributed by atoms with E-state index in [4.69, 9.17) is 8.83 Å². The summed E-state index contributed by atoms with van der Waals surface area (Å²) in [5.41, 5.74) is 18.6. The summed E-state index contributed by atoms with van der Waals surface area (Å²) in [5.74, 6) is 0. The molecule has 0 saturated heterocycles. The first kappa shape index (κ1) is 77.0. The molecule has 0 unspecified atom stereocenters. The van der Waals surface area contributed by atoms with Crippen LogP contribution < -0.4 is 51.7 Å². The lowest BCUT2D eigenvalue weighted by Gasteiger charge is -2.35. The lowest BCUT2D eigenvalue weighted by Crippen LogP contribution is -2.74. The number of anilines is 5. The van der Waals surface area contributed by atoms with Crippen LogP contribution in [0.15, 0.2) is 486 Å². The van der Waals surface area contributed by atoms with Gasteiger partial charge in [-0.15, -0.1) is 0 Å². The van der Waals surface area contributed by atoms with Crippen LogP contribution in [-0.4, -0.2) is 16.1 Å². The molecular weight excluding hydrogens is 1520 g/mol. The molecule has 117 heavy (non-hydrogen) atoms. The average molecular weight is 1610 g/mol. The van der Waals surface area contributed by atoms with Gasteiger partial charge in [0.1, 0.15) is 22.3 Å². The first-order valence-electron chi connectivity index (χ1n) is 39.0. The number of nitrogens with one attached hydrogen (secondary N) is 1. The molecule has 566 valence electrons. The molecule has 0 aliphatic carbocycles. The second-order valence-electron chi connectivity index (χ2n) is 28.8. The molecule has 0 aliphatic rings. The zero-order valence-corrected chi connectivity index (χ0v) is 66.8. The molecule has 0 bridgehead atoms. The maximum absolute atomic E-state index is 6.13. The number of fused-ring (bicyclic) bond motifs is 6. The maximum Gasteiger partial charge on any atom is 0.179 e. The highest BCUT2D eigenvalue weighted by molar-refractivity contribution is 9.10. The summed E-state index contributed by atoms with van der Waals surface area (Å²) in [6.45, 7) is 0. The van der Waals surface area contributed by atoms with Gasteiger partial charge in [-0.3, -0.25) is 0 Å². The van der Waals surface area contributed by atoms with E-state index >= 15 is 0 Å². The second-order valence-corrected chi connectivity index (χ2v) is 37.3. The Hall–Kier alpha value is -13.9. The summed E-state index contributed by atoms with van der Waals surface area (Å²) in [6.07, 6.45) is 0. The van der Waals surface area contributed by atoms with E-state index < -0.39 is 16.1 Å². The van der Waals surface area contributed by atoms with E-state index in [0.717, 1.165) is 87.9 Å². The van der Waals surface area contributed by atoms with Crippen LogP contribution in [0.25, 0.3) is 88.4 Å². The van der Waals surface area contributed by atoms with Gasteiger partial charge < -0.3 is 19.1 Å². The lowest BCUT2D eigenvalue weighted by atomic mass is 10.0. The van der Waals surface area contributed by atoms with Crippen LogP contribution in [-0.2, 0) is 0 Å². The predicted octanol–water partition coefficient (Wildman–Crippen LogP) is 25.8. The molecule has 2 heterocycles. The zero-order chi connectivity index (χ0) is 77.2. The second kappa shape index (κ2) is 35.2. The molecule has 20 aromatic rings. The number of hydrogen-bond acceptors (Lipinski definition) is 4.